The molecule has 1 fully saturated rings. The molecule has 1 aliphatic rings. The molecular weight excluding hydrogens is 420 g/mol. The number of ether oxygens (including phenoxy) is 1. The molecule has 0 aliphatic carbocycles. The third kappa shape index (κ3) is 5.96. The second-order valence-corrected chi connectivity index (χ2v) is 9.78. The Morgan fingerprint density at radius 3 is 2.50 bits per heavy atom. The zero-order valence-corrected chi connectivity index (χ0v) is 17.9. The van der Waals surface area contributed by atoms with E-state index in [9.17, 15) is 13.2 Å². The fraction of sp³-hybridized carbons (Fsp3) is 0.611. The van der Waals surface area contributed by atoms with E-state index in [0.29, 0.717) is 11.9 Å². The molecule has 0 spiro atoms. The topological polar surface area (TPSA) is 75.7 Å². The molecule has 1 aromatic rings. The Morgan fingerprint density at radius 1 is 1.27 bits per heavy atom. The lowest BCUT2D eigenvalue weighted by Gasteiger charge is -2.36. The van der Waals surface area contributed by atoms with Crippen LogP contribution in [-0.4, -0.2) is 44.1 Å². The molecule has 1 amide bonds. The molecule has 1 saturated heterocycles. The molecule has 26 heavy (non-hydrogen) atoms. The summed E-state index contributed by atoms with van der Waals surface area (Å²) in [6, 6.07) is 6.53. The molecule has 6 nitrogen and oxygen atoms in total. The highest BCUT2D eigenvalue weighted by Crippen LogP contribution is 2.21. The Hall–Kier alpha value is -1.12. The Morgan fingerprint density at radius 2 is 1.92 bits per heavy atom. The normalized spacial score (nSPS) is 18.6. The summed E-state index contributed by atoms with van der Waals surface area (Å²) in [5, 5.41) is 0.674. The van der Waals surface area contributed by atoms with Crippen LogP contribution in [0.15, 0.2) is 29.2 Å². The number of carbonyl (C=O) groups excluding carboxylic acids is 1. The molecule has 1 heterocycles. The molecule has 1 aromatic carbocycles. The molecule has 1 atom stereocenters. The van der Waals surface area contributed by atoms with Gasteiger partial charge in [0.2, 0.25) is 10.0 Å². The van der Waals surface area contributed by atoms with Gasteiger partial charge >= 0.3 is 6.09 Å². The number of benzene rings is 1. The van der Waals surface area contributed by atoms with Gasteiger partial charge in [-0.1, -0.05) is 28.1 Å². The third-order valence-corrected chi connectivity index (χ3v) is 6.24. The molecule has 1 N–H and O–H groups in total. The molecule has 0 unspecified atom stereocenters. The highest BCUT2D eigenvalue weighted by Gasteiger charge is 2.31. The first-order valence-electron chi connectivity index (χ1n) is 8.76. The van der Waals surface area contributed by atoms with Crippen molar-refractivity contribution in [3.05, 3.63) is 29.8 Å². The van der Waals surface area contributed by atoms with Crippen molar-refractivity contribution in [3.63, 3.8) is 0 Å². The molecule has 0 radical (unpaired) electrons. The molecule has 8 heteroatoms. The number of hydrogen-bond donors (Lipinski definition) is 1. The number of halogens is 1. The summed E-state index contributed by atoms with van der Waals surface area (Å²) in [5.74, 6) is 0. The van der Waals surface area contributed by atoms with Crippen LogP contribution in [0.25, 0.3) is 0 Å². The van der Waals surface area contributed by atoms with Gasteiger partial charge in [-0.25, -0.2) is 17.9 Å². The van der Waals surface area contributed by atoms with E-state index < -0.39 is 15.6 Å². The fourth-order valence-electron chi connectivity index (χ4n) is 2.82. The summed E-state index contributed by atoms with van der Waals surface area (Å²) in [7, 11) is -3.61. The lowest BCUT2D eigenvalue weighted by molar-refractivity contribution is 0.0105. The number of hydrogen-bond acceptors (Lipinski definition) is 4. The zero-order valence-electron chi connectivity index (χ0n) is 15.5. The minimum Gasteiger partial charge on any atom is -0.444 e. The average molecular weight is 447 g/mol. The van der Waals surface area contributed by atoms with Crippen molar-refractivity contribution in [3.8, 4) is 0 Å². The monoisotopic (exact) mass is 446 g/mol. The molecule has 2 rings (SSSR count). The van der Waals surface area contributed by atoms with Crippen molar-refractivity contribution >= 4 is 32.0 Å². The second-order valence-electron chi connectivity index (χ2n) is 7.45. The van der Waals surface area contributed by atoms with Gasteiger partial charge in [-0.3, -0.25) is 0 Å². The Kier molecular flexibility index (Phi) is 7.10. The van der Waals surface area contributed by atoms with E-state index in [4.69, 9.17) is 4.74 Å². The van der Waals surface area contributed by atoms with Crippen LogP contribution in [0.5, 0.6) is 0 Å². The lowest BCUT2D eigenvalue weighted by Crippen LogP contribution is -2.50. The lowest BCUT2D eigenvalue weighted by atomic mass is 10.0. The van der Waals surface area contributed by atoms with Gasteiger partial charge in [0.1, 0.15) is 5.60 Å². The summed E-state index contributed by atoms with van der Waals surface area (Å²) >= 11 is 3.34. The third-order valence-electron chi connectivity index (χ3n) is 4.15. The smallest absolute Gasteiger partial charge is 0.410 e. The molecule has 0 saturated carbocycles. The van der Waals surface area contributed by atoms with E-state index in [0.717, 1.165) is 24.8 Å². The summed E-state index contributed by atoms with van der Waals surface area (Å²) in [6.45, 7) is 6.23. The number of likely N-dealkylation sites (tertiary alicyclic amines) is 1. The number of nitrogens with one attached hydrogen (secondary N) is 1. The SMILES string of the molecule is CC(C)(C)OC(=O)N1CCCC[C@@H]1CNS(=O)(=O)c1ccc(CBr)cc1. The van der Waals surface area contributed by atoms with Gasteiger partial charge in [-0.05, 0) is 57.7 Å². The van der Waals surface area contributed by atoms with Crippen molar-refractivity contribution in [1.29, 1.82) is 0 Å². The van der Waals surface area contributed by atoms with Crippen LogP contribution in [0.4, 0.5) is 4.79 Å². The van der Waals surface area contributed by atoms with Crippen molar-refractivity contribution in [1.82, 2.24) is 9.62 Å². The van der Waals surface area contributed by atoms with Crippen LogP contribution in [0, 0.1) is 0 Å². The van der Waals surface area contributed by atoms with E-state index >= 15 is 0 Å². The summed E-state index contributed by atoms with van der Waals surface area (Å²) in [6.07, 6.45) is 2.23. The van der Waals surface area contributed by atoms with E-state index in [1.165, 1.54) is 0 Å². The van der Waals surface area contributed by atoms with Gasteiger partial charge in [0.15, 0.2) is 0 Å². The van der Waals surface area contributed by atoms with Gasteiger partial charge < -0.3 is 9.64 Å². The van der Waals surface area contributed by atoms with Crippen LogP contribution in [0.1, 0.15) is 45.6 Å². The predicted octanol–water partition coefficient (Wildman–Crippen LogP) is 3.65. The van der Waals surface area contributed by atoms with Crippen LogP contribution in [0.2, 0.25) is 0 Å². The second kappa shape index (κ2) is 8.71. The van der Waals surface area contributed by atoms with Crippen molar-refractivity contribution in [2.45, 2.75) is 61.9 Å². The average Bonchev–Trinajstić information content (AvgIpc) is 2.59. The van der Waals surface area contributed by atoms with Crippen molar-refractivity contribution in [2.75, 3.05) is 13.1 Å². The van der Waals surface area contributed by atoms with Crippen LogP contribution < -0.4 is 4.72 Å². The van der Waals surface area contributed by atoms with Crippen LogP contribution in [0.3, 0.4) is 0 Å². The number of carbonyl (C=O) groups is 1. The summed E-state index contributed by atoms with van der Waals surface area (Å²) in [4.78, 5) is 14.3. The minimum atomic E-state index is -3.61. The Balaban J connectivity index is 2.03. The first kappa shape index (κ1) is 21.2. The van der Waals surface area contributed by atoms with E-state index in [-0.39, 0.29) is 23.6 Å². The van der Waals surface area contributed by atoms with Gasteiger partial charge in [-0.15, -0.1) is 0 Å². The molecular formula is C18H27BrN2O4S. The van der Waals surface area contributed by atoms with Gasteiger partial charge in [0.25, 0.3) is 0 Å². The maximum absolute atomic E-state index is 12.5. The molecule has 0 bridgehead atoms. The van der Waals surface area contributed by atoms with E-state index in [1.54, 1.807) is 29.2 Å². The molecule has 146 valence electrons. The largest absolute Gasteiger partial charge is 0.444 e. The zero-order chi connectivity index (χ0) is 19.4. The number of amides is 1. The number of alkyl halides is 1. The van der Waals surface area contributed by atoms with Gasteiger partial charge in [-0.2, -0.15) is 0 Å². The first-order chi connectivity index (χ1) is 12.1. The number of sulfonamides is 1. The van der Waals surface area contributed by atoms with Crippen molar-refractivity contribution in [2.24, 2.45) is 0 Å². The van der Waals surface area contributed by atoms with E-state index in [1.807, 2.05) is 20.8 Å². The molecule has 1 aliphatic heterocycles. The number of rotatable bonds is 5. The van der Waals surface area contributed by atoms with E-state index in [2.05, 4.69) is 20.7 Å². The Bertz CT molecular complexity index is 714. The van der Waals surface area contributed by atoms with Crippen LogP contribution in [-0.2, 0) is 20.1 Å². The highest BCUT2D eigenvalue weighted by molar-refractivity contribution is 9.08. The highest BCUT2D eigenvalue weighted by atomic mass is 79.9. The van der Waals surface area contributed by atoms with Crippen LogP contribution >= 0.6 is 15.9 Å². The number of piperidine rings is 1. The quantitative estimate of drug-likeness (QED) is 0.700. The van der Waals surface area contributed by atoms with Crippen molar-refractivity contribution < 1.29 is 17.9 Å². The maximum Gasteiger partial charge on any atom is 0.410 e. The standard InChI is InChI=1S/C18H27BrN2O4S/c1-18(2,3)25-17(22)21-11-5-4-6-15(21)13-20-26(23,24)16-9-7-14(12-19)8-10-16/h7-10,15,20H,4-6,11-13H2,1-3H3/t15-/m1/s1. The maximum atomic E-state index is 12.5. The first-order valence-corrected chi connectivity index (χ1v) is 11.4. The fourth-order valence-corrected chi connectivity index (χ4v) is 4.27. The predicted molar refractivity (Wildman–Crippen MR) is 105 cm³/mol. The van der Waals surface area contributed by atoms with Gasteiger partial charge in [0, 0.05) is 24.5 Å². The van der Waals surface area contributed by atoms with Gasteiger partial charge in [0.05, 0.1) is 4.90 Å². The Labute approximate surface area is 164 Å². The summed E-state index contributed by atoms with van der Waals surface area (Å²) < 4.78 is 33.1. The molecule has 0 aromatic heterocycles. The number of nitrogens with zero attached hydrogens (tertiary/aromatic N) is 1. The minimum absolute atomic E-state index is 0.182. The summed E-state index contributed by atoms with van der Waals surface area (Å²) in [5.41, 5.74) is 0.433.